The van der Waals surface area contributed by atoms with Gasteiger partial charge in [-0.15, -0.1) is 0 Å². The summed E-state index contributed by atoms with van der Waals surface area (Å²) in [5.74, 6) is 1.48. The summed E-state index contributed by atoms with van der Waals surface area (Å²) < 4.78 is 5.59. The van der Waals surface area contributed by atoms with Gasteiger partial charge in [-0.1, -0.05) is 23.9 Å². The molecule has 0 radical (unpaired) electrons. The zero-order valence-electron chi connectivity index (χ0n) is 10.5. The number of thioether (sulfide) groups is 1. The molecular formula is C13H16N2O2S. The van der Waals surface area contributed by atoms with Crippen molar-refractivity contribution < 1.29 is 9.53 Å². The Labute approximate surface area is 111 Å². The molecule has 18 heavy (non-hydrogen) atoms. The van der Waals surface area contributed by atoms with Crippen LogP contribution in [0, 0.1) is 6.92 Å². The molecule has 1 N–H and O–H groups in total. The number of rotatable bonds is 3. The van der Waals surface area contributed by atoms with Crippen molar-refractivity contribution in [2.75, 3.05) is 12.3 Å². The molecule has 96 valence electrons. The number of nitrogens with zero attached hydrogens (tertiary/aromatic N) is 1. The monoisotopic (exact) mass is 264 g/mol. The van der Waals surface area contributed by atoms with Crippen molar-refractivity contribution in [1.29, 1.82) is 0 Å². The molecule has 5 heteroatoms. The van der Waals surface area contributed by atoms with Gasteiger partial charge in [0.05, 0.1) is 6.54 Å². The van der Waals surface area contributed by atoms with Crippen molar-refractivity contribution in [1.82, 2.24) is 5.32 Å². The minimum absolute atomic E-state index is 0.162. The van der Waals surface area contributed by atoms with Crippen LogP contribution in [0.4, 0.5) is 0 Å². The van der Waals surface area contributed by atoms with Crippen LogP contribution in [0.5, 0.6) is 5.75 Å². The molecule has 1 aliphatic heterocycles. The van der Waals surface area contributed by atoms with Gasteiger partial charge in [0, 0.05) is 5.75 Å². The lowest BCUT2D eigenvalue weighted by atomic mass is 10.2. The maximum atomic E-state index is 11.9. The third-order valence-corrected chi connectivity index (χ3v) is 3.38. The number of amidine groups is 1. The van der Waals surface area contributed by atoms with Crippen LogP contribution < -0.4 is 10.1 Å². The molecule has 0 saturated carbocycles. The van der Waals surface area contributed by atoms with E-state index in [9.17, 15) is 4.79 Å². The van der Waals surface area contributed by atoms with Crippen molar-refractivity contribution in [2.24, 2.45) is 4.99 Å². The average Bonchev–Trinajstić information content (AvgIpc) is 2.81. The number of carbonyl (C=O) groups excluding carboxylic acids is 1. The van der Waals surface area contributed by atoms with Crippen LogP contribution in [0.1, 0.15) is 12.5 Å². The minimum Gasteiger partial charge on any atom is -0.481 e. The first-order valence-corrected chi connectivity index (χ1v) is 6.85. The quantitative estimate of drug-likeness (QED) is 0.908. The smallest absolute Gasteiger partial charge is 0.266 e. The Balaban J connectivity index is 1.90. The summed E-state index contributed by atoms with van der Waals surface area (Å²) in [4.78, 5) is 16.0. The Kier molecular flexibility index (Phi) is 4.25. The molecule has 2 rings (SSSR count). The van der Waals surface area contributed by atoms with Gasteiger partial charge in [-0.05, 0) is 31.5 Å². The Morgan fingerprint density at radius 3 is 3.06 bits per heavy atom. The predicted octanol–water partition coefficient (Wildman–Crippen LogP) is 1.98. The van der Waals surface area contributed by atoms with Crippen LogP contribution in [-0.4, -0.2) is 29.5 Å². The maximum Gasteiger partial charge on any atom is 0.266 e. The van der Waals surface area contributed by atoms with E-state index in [0.717, 1.165) is 17.9 Å². The number of ether oxygens (including phenoxy) is 1. The number of aryl methyl sites for hydroxylation is 1. The number of nitrogens with one attached hydrogen (secondary N) is 1. The first-order chi connectivity index (χ1) is 8.65. The second-order valence-corrected chi connectivity index (χ2v) is 5.18. The van der Waals surface area contributed by atoms with Crippen LogP contribution >= 0.6 is 11.8 Å². The molecule has 0 aliphatic carbocycles. The third kappa shape index (κ3) is 3.50. The molecule has 1 amide bonds. The molecular weight excluding hydrogens is 248 g/mol. The standard InChI is InChI=1S/C13H16N2O2S/c1-9-4-3-5-11(8-9)17-10(2)12(16)15-13-14-6-7-18-13/h3-5,8,10H,6-7H2,1-2H3,(H,14,15,16)/t10-/m1/s1. The normalized spacial score (nSPS) is 16.0. The van der Waals surface area contributed by atoms with Gasteiger partial charge in [-0.2, -0.15) is 0 Å². The van der Waals surface area contributed by atoms with Gasteiger partial charge in [-0.25, -0.2) is 0 Å². The van der Waals surface area contributed by atoms with E-state index >= 15 is 0 Å². The van der Waals surface area contributed by atoms with E-state index in [1.54, 1.807) is 18.7 Å². The van der Waals surface area contributed by atoms with Crippen molar-refractivity contribution >= 4 is 22.8 Å². The summed E-state index contributed by atoms with van der Waals surface area (Å²) in [6.45, 7) is 4.49. The molecule has 1 aromatic rings. The largest absolute Gasteiger partial charge is 0.481 e. The van der Waals surface area contributed by atoms with Gasteiger partial charge in [-0.3, -0.25) is 9.79 Å². The van der Waals surface area contributed by atoms with E-state index in [2.05, 4.69) is 10.3 Å². The van der Waals surface area contributed by atoms with E-state index in [1.807, 2.05) is 31.2 Å². The van der Waals surface area contributed by atoms with Crippen LogP contribution in [0.25, 0.3) is 0 Å². The molecule has 1 aliphatic rings. The number of benzene rings is 1. The Hall–Kier alpha value is -1.49. The van der Waals surface area contributed by atoms with Crippen molar-refractivity contribution in [2.45, 2.75) is 20.0 Å². The fourth-order valence-electron chi connectivity index (χ4n) is 1.56. The van der Waals surface area contributed by atoms with Crippen LogP contribution in [-0.2, 0) is 4.79 Å². The Morgan fingerprint density at radius 2 is 2.39 bits per heavy atom. The molecule has 0 spiro atoms. The Morgan fingerprint density at radius 1 is 1.56 bits per heavy atom. The van der Waals surface area contributed by atoms with Gasteiger partial charge in [0.25, 0.3) is 5.91 Å². The first-order valence-electron chi connectivity index (χ1n) is 5.86. The maximum absolute atomic E-state index is 11.9. The number of carbonyl (C=O) groups is 1. The topological polar surface area (TPSA) is 50.7 Å². The summed E-state index contributed by atoms with van der Waals surface area (Å²) in [6, 6.07) is 7.65. The number of hydrogen-bond acceptors (Lipinski definition) is 4. The van der Waals surface area contributed by atoms with E-state index in [0.29, 0.717) is 10.9 Å². The van der Waals surface area contributed by atoms with Gasteiger partial charge in [0.2, 0.25) is 0 Å². The molecule has 0 bridgehead atoms. The number of aliphatic imine (C=N–C) groups is 1. The molecule has 4 nitrogen and oxygen atoms in total. The zero-order chi connectivity index (χ0) is 13.0. The molecule has 1 heterocycles. The highest BCUT2D eigenvalue weighted by atomic mass is 32.2. The highest BCUT2D eigenvalue weighted by Crippen LogP contribution is 2.15. The summed E-state index contributed by atoms with van der Waals surface area (Å²) in [7, 11) is 0. The molecule has 0 aromatic heterocycles. The molecule has 0 unspecified atom stereocenters. The highest BCUT2D eigenvalue weighted by molar-refractivity contribution is 8.14. The van der Waals surface area contributed by atoms with Crippen LogP contribution in [0.3, 0.4) is 0 Å². The Bertz CT molecular complexity index is 474. The van der Waals surface area contributed by atoms with Crippen molar-refractivity contribution in [3.63, 3.8) is 0 Å². The van der Waals surface area contributed by atoms with Crippen molar-refractivity contribution in [3.05, 3.63) is 29.8 Å². The third-order valence-electron chi connectivity index (χ3n) is 2.49. The molecule has 0 fully saturated rings. The fraction of sp³-hybridized carbons (Fsp3) is 0.385. The van der Waals surface area contributed by atoms with Crippen LogP contribution in [0.2, 0.25) is 0 Å². The minimum atomic E-state index is -0.532. The van der Waals surface area contributed by atoms with Gasteiger partial charge < -0.3 is 10.1 Å². The SMILES string of the molecule is Cc1cccc(O[C@H](C)C(=O)NC2=NCCS2)c1. The number of amides is 1. The summed E-state index contributed by atoms with van der Waals surface area (Å²) in [5, 5.41) is 3.46. The van der Waals surface area contributed by atoms with E-state index in [1.165, 1.54) is 0 Å². The first kappa shape index (κ1) is 13.0. The lowest BCUT2D eigenvalue weighted by Gasteiger charge is -2.14. The average molecular weight is 264 g/mol. The van der Waals surface area contributed by atoms with Gasteiger partial charge in [0.1, 0.15) is 5.75 Å². The van der Waals surface area contributed by atoms with E-state index < -0.39 is 6.10 Å². The second-order valence-electron chi connectivity index (χ2n) is 4.10. The molecule has 1 aromatic carbocycles. The van der Waals surface area contributed by atoms with Crippen LogP contribution in [0.15, 0.2) is 29.3 Å². The number of hydrogen-bond donors (Lipinski definition) is 1. The summed E-state index contributed by atoms with van der Waals surface area (Å²) in [5.41, 5.74) is 1.11. The van der Waals surface area contributed by atoms with E-state index in [4.69, 9.17) is 4.74 Å². The zero-order valence-corrected chi connectivity index (χ0v) is 11.3. The van der Waals surface area contributed by atoms with Gasteiger partial charge >= 0.3 is 0 Å². The lowest BCUT2D eigenvalue weighted by molar-refractivity contribution is -0.125. The van der Waals surface area contributed by atoms with E-state index in [-0.39, 0.29) is 5.91 Å². The lowest BCUT2D eigenvalue weighted by Crippen LogP contribution is -2.38. The summed E-state index contributed by atoms with van der Waals surface area (Å²) >= 11 is 1.56. The fourth-order valence-corrected chi connectivity index (χ4v) is 2.30. The molecule has 0 saturated heterocycles. The summed E-state index contributed by atoms with van der Waals surface area (Å²) in [6.07, 6.45) is -0.532. The van der Waals surface area contributed by atoms with Gasteiger partial charge in [0.15, 0.2) is 11.3 Å². The second kappa shape index (κ2) is 5.91. The predicted molar refractivity (Wildman–Crippen MR) is 74.2 cm³/mol. The highest BCUT2D eigenvalue weighted by Gasteiger charge is 2.18. The van der Waals surface area contributed by atoms with Crippen molar-refractivity contribution in [3.8, 4) is 5.75 Å². The molecule has 1 atom stereocenters.